The highest BCUT2D eigenvalue weighted by Crippen LogP contribution is 2.35. The van der Waals surface area contributed by atoms with Gasteiger partial charge in [0.05, 0.1) is 27.5 Å². The second-order valence-electron chi connectivity index (χ2n) is 7.87. The molecular weight excluding hydrogens is 536 g/mol. The Labute approximate surface area is 220 Å². The summed E-state index contributed by atoms with van der Waals surface area (Å²) < 4.78 is 43.3. The lowest BCUT2D eigenvalue weighted by atomic mass is 10.1. The number of amides is 1. The van der Waals surface area contributed by atoms with Crippen molar-refractivity contribution >= 4 is 40.7 Å². The van der Waals surface area contributed by atoms with E-state index in [0.29, 0.717) is 26.7 Å². The van der Waals surface area contributed by atoms with Gasteiger partial charge in [-0.3, -0.25) is 9.78 Å². The molecule has 0 aliphatic rings. The van der Waals surface area contributed by atoms with Crippen LogP contribution in [0.25, 0.3) is 5.69 Å². The van der Waals surface area contributed by atoms with E-state index >= 15 is 0 Å². The fourth-order valence-electron chi connectivity index (χ4n) is 3.65. The number of alkyl halides is 3. The standard InChI is InChI=1S/C25H18Cl3F3N4O/c26-18-2-4-19(5-3-18)35-23(25(29,30)31)20(14-33-35)24(36)34(12-9-16-7-10-32-11-8-16)15-17-1-6-21(27)22(28)13-17/h1-8,10-11,13-14H,9,12,15H2. The molecule has 4 rings (SSSR count). The van der Waals surface area contributed by atoms with Gasteiger partial charge in [0.15, 0.2) is 5.69 Å². The molecule has 2 heterocycles. The highest BCUT2D eigenvalue weighted by molar-refractivity contribution is 6.42. The van der Waals surface area contributed by atoms with Crippen molar-refractivity contribution in [2.45, 2.75) is 19.1 Å². The Morgan fingerprint density at radius 2 is 1.61 bits per heavy atom. The van der Waals surface area contributed by atoms with Gasteiger partial charge in [0.2, 0.25) is 0 Å². The van der Waals surface area contributed by atoms with Crippen LogP contribution < -0.4 is 0 Å². The monoisotopic (exact) mass is 552 g/mol. The second-order valence-corrected chi connectivity index (χ2v) is 9.12. The molecule has 0 bridgehead atoms. The smallest absolute Gasteiger partial charge is 0.334 e. The summed E-state index contributed by atoms with van der Waals surface area (Å²) in [6.07, 6.45) is -0.283. The van der Waals surface area contributed by atoms with Crippen molar-refractivity contribution < 1.29 is 18.0 Å². The molecule has 0 fully saturated rings. The molecule has 0 radical (unpaired) electrons. The first kappa shape index (κ1) is 26.0. The van der Waals surface area contributed by atoms with Gasteiger partial charge in [-0.25, -0.2) is 4.68 Å². The van der Waals surface area contributed by atoms with Crippen molar-refractivity contribution in [1.82, 2.24) is 19.7 Å². The van der Waals surface area contributed by atoms with Gasteiger partial charge in [-0.05, 0) is 66.1 Å². The van der Waals surface area contributed by atoms with Crippen LogP contribution >= 0.6 is 34.8 Å². The number of carbonyl (C=O) groups excluding carboxylic acids is 1. The third-order valence-corrected chi connectivity index (χ3v) is 6.39. The molecule has 0 spiro atoms. The van der Waals surface area contributed by atoms with Crippen LogP contribution in [0.4, 0.5) is 13.2 Å². The summed E-state index contributed by atoms with van der Waals surface area (Å²) in [5.41, 5.74) is -0.111. The van der Waals surface area contributed by atoms with E-state index in [0.717, 1.165) is 11.8 Å². The molecule has 0 saturated carbocycles. The minimum absolute atomic E-state index is 0.0181. The van der Waals surface area contributed by atoms with Crippen molar-refractivity contribution in [3.63, 3.8) is 0 Å². The lowest BCUT2D eigenvalue weighted by molar-refractivity contribution is -0.143. The van der Waals surface area contributed by atoms with E-state index in [-0.39, 0.29) is 23.8 Å². The van der Waals surface area contributed by atoms with E-state index in [1.54, 1.807) is 42.7 Å². The Morgan fingerprint density at radius 1 is 0.917 bits per heavy atom. The molecule has 5 nitrogen and oxygen atoms in total. The molecule has 186 valence electrons. The Kier molecular flexibility index (Phi) is 7.88. The Hall–Kier alpha value is -3.07. The van der Waals surface area contributed by atoms with Crippen LogP contribution in [0.5, 0.6) is 0 Å². The van der Waals surface area contributed by atoms with Crippen LogP contribution in [-0.4, -0.2) is 32.1 Å². The molecule has 0 aliphatic heterocycles. The normalized spacial score (nSPS) is 11.5. The van der Waals surface area contributed by atoms with E-state index < -0.39 is 23.3 Å². The quantitative estimate of drug-likeness (QED) is 0.245. The molecule has 11 heteroatoms. The van der Waals surface area contributed by atoms with Gasteiger partial charge in [-0.1, -0.05) is 40.9 Å². The van der Waals surface area contributed by atoms with Crippen molar-refractivity contribution in [2.75, 3.05) is 6.54 Å². The fourth-order valence-corrected chi connectivity index (χ4v) is 4.10. The molecule has 0 saturated heterocycles. The van der Waals surface area contributed by atoms with Gasteiger partial charge in [-0.2, -0.15) is 18.3 Å². The summed E-state index contributed by atoms with van der Waals surface area (Å²) in [4.78, 5) is 18.9. The molecule has 36 heavy (non-hydrogen) atoms. The summed E-state index contributed by atoms with van der Waals surface area (Å²) in [7, 11) is 0. The third kappa shape index (κ3) is 6.00. The van der Waals surface area contributed by atoms with Crippen molar-refractivity contribution in [2.24, 2.45) is 0 Å². The Bertz CT molecular complexity index is 1360. The van der Waals surface area contributed by atoms with Crippen molar-refractivity contribution in [1.29, 1.82) is 0 Å². The van der Waals surface area contributed by atoms with Crippen LogP contribution in [0, 0.1) is 0 Å². The van der Waals surface area contributed by atoms with E-state index in [9.17, 15) is 18.0 Å². The summed E-state index contributed by atoms with van der Waals surface area (Å²) in [5, 5.41) is 4.87. The van der Waals surface area contributed by atoms with Crippen molar-refractivity contribution in [3.8, 4) is 5.69 Å². The molecule has 1 amide bonds. The third-order valence-electron chi connectivity index (χ3n) is 5.40. The zero-order valence-electron chi connectivity index (χ0n) is 18.5. The average molecular weight is 554 g/mol. The highest BCUT2D eigenvalue weighted by atomic mass is 35.5. The summed E-state index contributed by atoms with van der Waals surface area (Å²) in [6, 6.07) is 14.1. The number of hydrogen-bond acceptors (Lipinski definition) is 3. The number of nitrogens with zero attached hydrogens (tertiary/aromatic N) is 4. The van der Waals surface area contributed by atoms with Crippen LogP contribution in [0.1, 0.15) is 27.2 Å². The SMILES string of the molecule is O=C(c1cnn(-c2ccc(Cl)cc2)c1C(F)(F)F)N(CCc1ccncc1)Cc1ccc(Cl)c(Cl)c1. The van der Waals surface area contributed by atoms with Crippen LogP contribution in [0.15, 0.2) is 73.2 Å². The zero-order valence-corrected chi connectivity index (χ0v) is 20.8. The molecule has 0 unspecified atom stereocenters. The molecule has 4 aromatic rings. The molecule has 0 aliphatic carbocycles. The Balaban J connectivity index is 1.72. The first-order valence-corrected chi connectivity index (χ1v) is 11.8. The number of pyridine rings is 1. The summed E-state index contributed by atoms with van der Waals surface area (Å²) in [5.74, 6) is -0.817. The topological polar surface area (TPSA) is 51.0 Å². The summed E-state index contributed by atoms with van der Waals surface area (Å²) >= 11 is 18.0. The number of aromatic nitrogens is 3. The van der Waals surface area contributed by atoms with Crippen LogP contribution in [0.3, 0.4) is 0 Å². The van der Waals surface area contributed by atoms with Gasteiger partial charge < -0.3 is 4.90 Å². The number of hydrogen-bond donors (Lipinski definition) is 0. The zero-order chi connectivity index (χ0) is 25.9. The lowest BCUT2D eigenvalue weighted by Gasteiger charge is -2.24. The van der Waals surface area contributed by atoms with E-state index in [2.05, 4.69) is 10.1 Å². The molecule has 0 atom stereocenters. The highest BCUT2D eigenvalue weighted by Gasteiger charge is 2.41. The predicted octanol–water partition coefficient (Wildman–Crippen LogP) is 7.13. The first-order chi connectivity index (χ1) is 17.1. The van der Waals surface area contributed by atoms with Gasteiger partial charge in [0.1, 0.15) is 0 Å². The van der Waals surface area contributed by atoms with Gasteiger partial charge in [0, 0.05) is 30.5 Å². The maximum Gasteiger partial charge on any atom is 0.434 e. The maximum atomic E-state index is 14.2. The van der Waals surface area contributed by atoms with Gasteiger partial charge in [-0.15, -0.1) is 0 Å². The van der Waals surface area contributed by atoms with Gasteiger partial charge >= 0.3 is 6.18 Å². The van der Waals surface area contributed by atoms with Crippen molar-refractivity contribution in [3.05, 3.63) is 111 Å². The second kappa shape index (κ2) is 10.9. The molecule has 0 N–H and O–H groups in total. The largest absolute Gasteiger partial charge is 0.434 e. The Morgan fingerprint density at radius 3 is 2.25 bits per heavy atom. The number of rotatable bonds is 7. The molecule has 2 aromatic heterocycles. The lowest BCUT2D eigenvalue weighted by Crippen LogP contribution is -2.34. The fraction of sp³-hybridized carbons (Fsp3) is 0.160. The summed E-state index contributed by atoms with van der Waals surface area (Å²) in [6.45, 7) is 0.163. The van der Waals surface area contributed by atoms with E-state index in [4.69, 9.17) is 34.8 Å². The number of benzene rings is 2. The van der Waals surface area contributed by atoms with E-state index in [1.165, 1.54) is 29.2 Å². The maximum absolute atomic E-state index is 14.2. The van der Waals surface area contributed by atoms with Crippen LogP contribution in [-0.2, 0) is 19.1 Å². The minimum Gasteiger partial charge on any atom is -0.334 e. The van der Waals surface area contributed by atoms with Gasteiger partial charge in [0.25, 0.3) is 5.91 Å². The van der Waals surface area contributed by atoms with E-state index in [1.807, 2.05) is 0 Å². The minimum atomic E-state index is -4.85. The first-order valence-electron chi connectivity index (χ1n) is 10.7. The average Bonchev–Trinajstić information content (AvgIpc) is 3.30. The predicted molar refractivity (Wildman–Crippen MR) is 133 cm³/mol. The molecular formula is C25H18Cl3F3N4O. The number of carbonyl (C=O) groups is 1. The molecule has 2 aromatic carbocycles. The number of halogens is 6. The van der Waals surface area contributed by atoms with Crippen LogP contribution in [0.2, 0.25) is 15.1 Å².